The molecule has 0 N–H and O–H groups in total. The molecule has 450 valence electrons. The molecule has 0 unspecified atom stereocenters. The summed E-state index contributed by atoms with van der Waals surface area (Å²) in [7, 11) is 0. The van der Waals surface area contributed by atoms with E-state index in [4.69, 9.17) is 0 Å². The Morgan fingerprint density at radius 1 is 0.333 bits per heavy atom. The molecule has 0 nitrogen and oxygen atoms in total. The lowest BCUT2D eigenvalue weighted by molar-refractivity contribution is 0.782. The minimum absolute atomic E-state index is 0.361. The van der Waals surface area contributed by atoms with E-state index in [-0.39, 0.29) is 5.41 Å². The van der Waals surface area contributed by atoms with Crippen LogP contribution in [0.3, 0.4) is 0 Å². The van der Waals surface area contributed by atoms with Crippen LogP contribution in [0.1, 0.15) is 83.0 Å². The maximum atomic E-state index is 4.65. The molecule has 15 aromatic carbocycles. The van der Waals surface area contributed by atoms with Gasteiger partial charge in [-0.1, -0.05) is 286 Å². The van der Waals surface area contributed by atoms with Gasteiger partial charge in [0, 0.05) is 0 Å². The van der Waals surface area contributed by atoms with Crippen LogP contribution in [0, 0.1) is 6.92 Å². The van der Waals surface area contributed by atoms with Gasteiger partial charge in [-0.2, -0.15) is 0 Å². The van der Waals surface area contributed by atoms with Crippen molar-refractivity contribution in [3.8, 4) is 55.6 Å². The molecular weight excluding hydrogens is 1150 g/mol. The second kappa shape index (κ2) is 21.3. The Morgan fingerprint density at radius 3 is 1.46 bits per heavy atom. The van der Waals surface area contributed by atoms with Gasteiger partial charge in [-0.15, -0.1) is 0 Å². The number of allylic oxidation sites excluding steroid dienone is 4. The van der Waals surface area contributed by atoms with Crippen molar-refractivity contribution in [1.82, 2.24) is 0 Å². The molecule has 5 aliphatic carbocycles. The van der Waals surface area contributed by atoms with Gasteiger partial charge in [-0.25, -0.2) is 0 Å². The summed E-state index contributed by atoms with van der Waals surface area (Å²) in [5, 5.41) is 20.6. The van der Waals surface area contributed by atoms with Crippen molar-refractivity contribution in [2.75, 3.05) is 0 Å². The Morgan fingerprint density at radius 2 is 0.833 bits per heavy atom. The molecule has 0 saturated heterocycles. The minimum atomic E-state index is -0.361. The number of hydrogen-bond donors (Lipinski definition) is 0. The monoisotopic (exact) mass is 1220 g/mol. The highest BCUT2D eigenvalue weighted by molar-refractivity contribution is 6.25. The van der Waals surface area contributed by atoms with E-state index < -0.39 is 0 Å². The fourth-order valence-electron chi connectivity index (χ4n) is 18.7. The third-order valence-corrected chi connectivity index (χ3v) is 22.7. The number of hydrogen-bond acceptors (Lipinski definition) is 0. The van der Waals surface area contributed by atoms with Crippen LogP contribution in [-0.4, -0.2) is 0 Å². The molecule has 0 fully saturated rings. The molecule has 0 atom stereocenters. The number of fused-ring (bicyclic) bond motifs is 19. The first-order valence-electron chi connectivity index (χ1n) is 34.5. The summed E-state index contributed by atoms with van der Waals surface area (Å²) >= 11 is 0. The fourth-order valence-corrected chi connectivity index (χ4v) is 18.7. The maximum Gasteiger partial charge on any atom is 0.0722 e. The van der Waals surface area contributed by atoms with Crippen molar-refractivity contribution in [1.29, 1.82) is 0 Å². The highest BCUT2D eigenvalue weighted by atomic mass is 14.5. The van der Waals surface area contributed by atoms with Crippen LogP contribution < -0.4 is 20.9 Å². The molecule has 0 amide bonds. The summed E-state index contributed by atoms with van der Waals surface area (Å²) in [5.41, 5.74) is 29.2. The highest BCUT2D eigenvalue weighted by Gasteiger charge is 2.52. The third kappa shape index (κ3) is 7.85. The largest absolute Gasteiger partial charge is 0.0984 e. The number of rotatable bonds is 7. The van der Waals surface area contributed by atoms with E-state index >= 15 is 0 Å². The Balaban J connectivity index is 0.693. The summed E-state index contributed by atoms with van der Waals surface area (Å²) in [4.78, 5) is 0. The number of benzene rings is 15. The summed E-state index contributed by atoms with van der Waals surface area (Å²) in [6.07, 6.45) is 18.5. The molecular formula is C96H66. The van der Waals surface area contributed by atoms with Crippen LogP contribution >= 0.6 is 0 Å². The Hall–Kier alpha value is -11.4. The van der Waals surface area contributed by atoms with Crippen LogP contribution in [0.4, 0.5) is 0 Å². The molecule has 0 radical (unpaired) electrons. The summed E-state index contributed by atoms with van der Waals surface area (Å²) < 4.78 is 0. The van der Waals surface area contributed by atoms with E-state index in [1.165, 1.54) is 208 Å². The first kappa shape index (κ1) is 55.1. The van der Waals surface area contributed by atoms with Crippen molar-refractivity contribution in [3.63, 3.8) is 0 Å². The van der Waals surface area contributed by atoms with Gasteiger partial charge in [0.25, 0.3) is 0 Å². The fraction of sp³-hybridized carbons (Fsp3) is 0.0833. The zero-order valence-electron chi connectivity index (χ0n) is 53.7. The van der Waals surface area contributed by atoms with Gasteiger partial charge in [0.05, 0.1) is 5.41 Å². The molecule has 96 heavy (non-hydrogen) atoms. The van der Waals surface area contributed by atoms with Crippen LogP contribution in [0.25, 0.3) is 161 Å². The second-order valence-electron chi connectivity index (χ2n) is 27.3. The molecule has 0 bridgehead atoms. The predicted molar refractivity (Wildman–Crippen MR) is 410 cm³/mol. The van der Waals surface area contributed by atoms with Gasteiger partial charge >= 0.3 is 0 Å². The van der Waals surface area contributed by atoms with E-state index in [2.05, 4.69) is 311 Å². The predicted octanol–water partition coefficient (Wildman–Crippen LogP) is 22.3. The molecule has 0 aromatic heterocycles. The zero-order chi connectivity index (χ0) is 63.3. The summed E-state index contributed by atoms with van der Waals surface area (Å²) in [6, 6.07) is 101. The second-order valence-corrected chi connectivity index (χ2v) is 27.3. The van der Waals surface area contributed by atoms with Crippen LogP contribution in [0.2, 0.25) is 0 Å². The lowest BCUT2D eigenvalue weighted by atomic mass is 9.68. The van der Waals surface area contributed by atoms with Crippen LogP contribution in [-0.2, 0) is 5.41 Å². The summed E-state index contributed by atoms with van der Waals surface area (Å²) in [5.74, 6) is 0. The van der Waals surface area contributed by atoms with Gasteiger partial charge in [-0.05, 0) is 272 Å². The molecule has 0 heterocycles. The van der Waals surface area contributed by atoms with Gasteiger partial charge in [-0.3, -0.25) is 0 Å². The van der Waals surface area contributed by atoms with Gasteiger partial charge < -0.3 is 0 Å². The lowest BCUT2D eigenvalue weighted by Crippen LogP contribution is -2.39. The quantitative estimate of drug-likeness (QED) is 0.110. The third-order valence-electron chi connectivity index (χ3n) is 22.7. The minimum Gasteiger partial charge on any atom is -0.0984 e. The Kier molecular flexibility index (Phi) is 12.2. The van der Waals surface area contributed by atoms with Crippen molar-refractivity contribution in [2.45, 2.75) is 50.9 Å². The van der Waals surface area contributed by atoms with E-state index in [9.17, 15) is 0 Å². The van der Waals surface area contributed by atoms with E-state index in [0.717, 1.165) is 38.5 Å². The lowest BCUT2D eigenvalue weighted by Gasteiger charge is -2.33. The highest BCUT2D eigenvalue weighted by Crippen LogP contribution is 2.64. The average Bonchev–Trinajstić information content (AvgIpc) is 1.50. The van der Waals surface area contributed by atoms with E-state index in [0.29, 0.717) is 0 Å². The van der Waals surface area contributed by atoms with E-state index in [1.54, 1.807) is 0 Å². The Bertz CT molecular complexity index is 6270. The summed E-state index contributed by atoms with van der Waals surface area (Å²) in [6.45, 7) is 7.05. The molecule has 20 rings (SSSR count). The van der Waals surface area contributed by atoms with Crippen LogP contribution in [0.5, 0.6) is 0 Å². The van der Waals surface area contributed by atoms with Crippen molar-refractivity contribution in [2.24, 2.45) is 0 Å². The van der Waals surface area contributed by atoms with Gasteiger partial charge in [0.15, 0.2) is 0 Å². The van der Waals surface area contributed by atoms with Crippen molar-refractivity contribution >= 4 is 106 Å². The van der Waals surface area contributed by atoms with E-state index in [1.807, 2.05) is 0 Å². The SMILES string of the molecule is C=Cc1c(C)c(C2=CC3=C(CC2)c2ccccc2C32c3ccccc3-c3ccccc32)c2c(c1C1=c3cc(-c4ccc(-c5c6ccccc6cc6c5ccc5c(-c7cccc8c7ccc7c(-c9ccccc9)c9ccccc9cc78)cccc56)cc4)ccc3=CCC1)=CCCC=2. The molecule has 0 saturated carbocycles. The van der Waals surface area contributed by atoms with Crippen LogP contribution in [0.15, 0.2) is 285 Å². The van der Waals surface area contributed by atoms with Crippen molar-refractivity contribution < 1.29 is 0 Å². The molecule has 5 aliphatic rings. The Labute approximate surface area is 559 Å². The smallest absolute Gasteiger partial charge is 0.0722 e. The first-order chi connectivity index (χ1) is 47.5. The zero-order valence-corrected chi connectivity index (χ0v) is 53.7. The molecule has 0 aliphatic heterocycles. The normalized spacial score (nSPS) is 14.8. The first-order valence-corrected chi connectivity index (χ1v) is 34.5. The average molecular weight is 1220 g/mol. The molecule has 15 aromatic rings. The van der Waals surface area contributed by atoms with Crippen molar-refractivity contribution in [3.05, 3.63) is 351 Å². The molecule has 1 spiro atoms. The van der Waals surface area contributed by atoms with Gasteiger partial charge in [0.1, 0.15) is 0 Å². The maximum absolute atomic E-state index is 4.65. The standard InChI is InChI=1S/C96H66/c1-3-67-58(2)92(66-48-49-79-78-31-15-18-41-90(78)96(91(79)57-66)88-39-16-13-29-76(88)77-30-14-17-40-89(77)96)80-32-11-12-33-81(80)95(67)82-38-19-26-60-44-47-63(54-85(60)82)59-42-45-62(46-43-59)94-69-28-10-8-25-65(69)56-87-73-37-21-35-71(75(73)51-53-84(87)94)70-34-20-36-72-74(70)50-52-83-86(72)55-64-24-7-9-27-68(64)93(83)61-22-5-4-6-23-61/h3-10,13-18,20-37,39-47,50-57H,1,11-12,19,38,48-49H2,2H3. The van der Waals surface area contributed by atoms with Gasteiger partial charge in [0.2, 0.25) is 0 Å². The topological polar surface area (TPSA) is 0 Å². The molecule has 0 heteroatoms.